The van der Waals surface area contributed by atoms with E-state index < -0.39 is 0 Å². The first-order valence-electron chi connectivity index (χ1n) is 8.44. The molecule has 6 heteroatoms. The minimum Gasteiger partial charge on any atom is -0.468 e. The number of methoxy groups -OCH3 is 1. The lowest BCUT2D eigenvalue weighted by Gasteiger charge is -2.33. The molecule has 5 nitrogen and oxygen atoms in total. The highest BCUT2D eigenvalue weighted by Gasteiger charge is 2.22. The first-order valence-corrected chi connectivity index (χ1v) is 8.44. The highest BCUT2D eigenvalue weighted by molar-refractivity contribution is 5.71. The van der Waals surface area contributed by atoms with E-state index in [1.54, 1.807) is 12.1 Å². The van der Waals surface area contributed by atoms with E-state index in [0.717, 1.165) is 38.0 Å². The SMILES string of the molecule is COC(=O)CN1CCC(NC[C@H](c2cccc(F)c2)N(C)C)CC1. The molecule has 1 aliphatic rings. The van der Waals surface area contributed by atoms with Crippen LogP contribution in [0.5, 0.6) is 0 Å². The number of likely N-dealkylation sites (tertiary alicyclic amines) is 1. The Hall–Kier alpha value is -1.50. The minimum absolute atomic E-state index is 0.133. The summed E-state index contributed by atoms with van der Waals surface area (Å²) in [6, 6.07) is 7.36. The number of ether oxygens (including phenoxy) is 1. The Kier molecular flexibility index (Phi) is 7.15. The molecule has 1 atom stereocenters. The first kappa shape index (κ1) is 18.8. The van der Waals surface area contributed by atoms with E-state index >= 15 is 0 Å². The number of piperidine rings is 1. The zero-order valence-electron chi connectivity index (χ0n) is 14.8. The minimum atomic E-state index is -0.199. The number of carbonyl (C=O) groups is 1. The van der Waals surface area contributed by atoms with Gasteiger partial charge in [0.05, 0.1) is 13.7 Å². The fraction of sp³-hybridized carbons (Fsp3) is 0.611. The summed E-state index contributed by atoms with van der Waals surface area (Å²) in [4.78, 5) is 15.6. The van der Waals surface area contributed by atoms with Gasteiger partial charge in [-0.15, -0.1) is 0 Å². The number of hydrogen-bond donors (Lipinski definition) is 1. The summed E-state index contributed by atoms with van der Waals surface area (Å²) in [6.45, 7) is 2.92. The van der Waals surface area contributed by atoms with Crippen LogP contribution >= 0.6 is 0 Å². The average molecular weight is 337 g/mol. The van der Waals surface area contributed by atoms with Gasteiger partial charge in [0, 0.05) is 31.7 Å². The molecule has 1 fully saturated rings. The van der Waals surface area contributed by atoms with Crippen LogP contribution in [0.2, 0.25) is 0 Å². The van der Waals surface area contributed by atoms with Gasteiger partial charge in [0.15, 0.2) is 0 Å². The summed E-state index contributed by atoms with van der Waals surface area (Å²) >= 11 is 0. The quantitative estimate of drug-likeness (QED) is 0.767. The van der Waals surface area contributed by atoms with Crippen molar-refractivity contribution in [3.63, 3.8) is 0 Å². The molecule has 0 amide bonds. The van der Waals surface area contributed by atoms with Gasteiger partial charge in [-0.3, -0.25) is 9.69 Å². The molecule has 24 heavy (non-hydrogen) atoms. The summed E-state index contributed by atoms with van der Waals surface area (Å²) in [6.07, 6.45) is 2.00. The molecule has 0 aliphatic carbocycles. The second kappa shape index (κ2) is 9.11. The molecule has 1 N–H and O–H groups in total. The summed E-state index contributed by atoms with van der Waals surface area (Å²) in [5.74, 6) is -0.379. The average Bonchev–Trinajstić information content (AvgIpc) is 2.56. The molecule has 1 aromatic carbocycles. The molecule has 2 rings (SSSR count). The third kappa shape index (κ3) is 5.54. The maximum atomic E-state index is 13.5. The van der Waals surface area contributed by atoms with E-state index in [9.17, 15) is 9.18 Å². The molecular weight excluding hydrogens is 309 g/mol. The lowest BCUT2D eigenvalue weighted by Crippen LogP contribution is -2.46. The highest BCUT2D eigenvalue weighted by atomic mass is 19.1. The van der Waals surface area contributed by atoms with Crippen molar-refractivity contribution in [2.75, 3.05) is 47.4 Å². The van der Waals surface area contributed by atoms with Gasteiger partial charge in [-0.05, 0) is 44.6 Å². The van der Waals surface area contributed by atoms with Crippen molar-refractivity contribution in [3.8, 4) is 0 Å². The van der Waals surface area contributed by atoms with Crippen molar-refractivity contribution in [1.82, 2.24) is 15.1 Å². The topological polar surface area (TPSA) is 44.8 Å². The van der Waals surface area contributed by atoms with E-state index in [0.29, 0.717) is 12.6 Å². The molecule has 1 aliphatic heterocycles. The highest BCUT2D eigenvalue weighted by Crippen LogP contribution is 2.19. The van der Waals surface area contributed by atoms with Crippen molar-refractivity contribution in [1.29, 1.82) is 0 Å². The number of benzene rings is 1. The number of esters is 1. The van der Waals surface area contributed by atoms with E-state index in [1.807, 2.05) is 20.2 Å². The van der Waals surface area contributed by atoms with Crippen LogP contribution in [0.25, 0.3) is 0 Å². The standard InChI is InChI=1S/C18H28FN3O2/c1-21(2)17(14-5-4-6-15(19)11-14)12-20-16-7-9-22(10-8-16)13-18(23)24-3/h4-6,11,16-17,20H,7-10,12-13H2,1-3H3/t17-/m1/s1. The van der Waals surface area contributed by atoms with Crippen LogP contribution in [0.3, 0.4) is 0 Å². The van der Waals surface area contributed by atoms with Crippen molar-refractivity contribution in [3.05, 3.63) is 35.6 Å². The molecule has 0 aromatic heterocycles. The van der Waals surface area contributed by atoms with Gasteiger partial charge >= 0.3 is 5.97 Å². The van der Waals surface area contributed by atoms with Crippen LogP contribution < -0.4 is 5.32 Å². The molecule has 0 saturated carbocycles. The largest absolute Gasteiger partial charge is 0.468 e. The molecular formula is C18H28FN3O2. The summed E-state index contributed by atoms with van der Waals surface area (Å²) in [5.41, 5.74) is 0.982. The van der Waals surface area contributed by atoms with Gasteiger partial charge in [0.25, 0.3) is 0 Å². The molecule has 0 unspecified atom stereocenters. The molecule has 0 bridgehead atoms. The van der Waals surface area contributed by atoms with Gasteiger partial charge in [-0.1, -0.05) is 12.1 Å². The van der Waals surface area contributed by atoms with E-state index in [2.05, 4.69) is 15.1 Å². The predicted molar refractivity (Wildman–Crippen MR) is 92.3 cm³/mol. The number of rotatable bonds is 7. The lowest BCUT2D eigenvalue weighted by atomic mass is 10.0. The molecule has 0 spiro atoms. The number of nitrogens with one attached hydrogen (secondary N) is 1. The van der Waals surface area contributed by atoms with Gasteiger partial charge in [0.1, 0.15) is 5.82 Å². The van der Waals surface area contributed by atoms with E-state index in [4.69, 9.17) is 4.74 Å². The van der Waals surface area contributed by atoms with Gasteiger partial charge in [0.2, 0.25) is 0 Å². The maximum absolute atomic E-state index is 13.5. The normalized spacial score (nSPS) is 17.9. The molecule has 1 saturated heterocycles. The van der Waals surface area contributed by atoms with Crippen molar-refractivity contribution >= 4 is 5.97 Å². The number of hydrogen-bond acceptors (Lipinski definition) is 5. The smallest absolute Gasteiger partial charge is 0.319 e. The Balaban J connectivity index is 1.82. The van der Waals surface area contributed by atoms with Crippen molar-refractivity contribution < 1.29 is 13.9 Å². The number of nitrogens with zero attached hydrogens (tertiary/aromatic N) is 2. The zero-order valence-corrected chi connectivity index (χ0v) is 14.8. The molecule has 134 valence electrons. The molecule has 1 aromatic rings. The van der Waals surface area contributed by atoms with Gasteiger partial charge < -0.3 is 15.0 Å². The van der Waals surface area contributed by atoms with Gasteiger partial charge in [-0.25, -0.2) is 4.39 Å². The molecule has 0 radical (unpaired) electrons. The Bertz CT molecular complexity index is 531. The van der Waals surface area contributed by atoms with E-state index in [1.165, 1.54) is 13.2 Å². The summed E-state index contributed by atoms with van der Waals surface area (Å²) in [7, 11) is 5.44. The second-order valence-electron chi connectivity index (χ2n) is 6.57. The van der Waals surface area contributed by atoms with Crippen LogP contribution in [-0.2, 0) is 9.53 Å². The van der Waals surface area contributed by atoms with Crippen LogP contribution in [0.4, 0.5) is 4.39 Å². The Morgan fingerprint density at radius 1 is 1.42 bits per heavy atom. The van der Waals surface area contributed by atoms with Crippen LogP contribution in [0, 0.1) is 5.82 Å². The van der Waals surface area contributed by atoms with Gasteiger partial charge in [-0.2, -0.15) is 0 Å². The third-order valence-electron chi connectivity index (χ3n) is 4.62. The summed E-state index contributed by atoms with van der Waals surface area (Å²) < 4.78 is 18.2. The lowest BCUT2D eigenvalue weighted by molar-refractivity contribution is -0.142. The first-order chi connectivity index (χ1) is 11.5. The zero-order chi connectivity index (χ0) is 17.5. The predicted octanol–water partition coefficient (Wildman–Crippen LogP) is 1.66. The fourth-order valence-electron chi connectivity index (χ4n) is 3.13. The number of likely N-dealkylation sites (N-methyl/N-ethyl adjacent to an activating group) is 1. The Labute approximate surface area is 143 Å². The Morgan fingerprint density at radius 3 is 2.71 bits per heavy atom. The number of carbonyl (C=O) groups excluding carboxylic acids is 1. The maximum Gasteiger partial charge on any atom is 0.319 e. The fourth-order valence-corrected chi connectivity index (χ4v) is 3.13. The van der Waals surface area contributed by atoms with Crippen molar-refractivity contribution in [2.24, 2.45) is 0 Å². The van der Waals surface area contributed by atoms with Crippen molar-refractivity contribution in [2.45, 2.75) is 24.9 Å². The Morgan fingerprint density at radius 2 is 2.12 bits per heavy atom. The summed E-state index contributed by atoms with van der Waals surface area (Å²) in [5, 5.41) is 3.60. The van der Waals surface area contributed by atoms with Crippen LogP contribution in [0.1, 0.15) is 24.4 Å². The van der Waals surface area contributed by atoms with Crippen LogP contribution in [0.15, 0.2) is 24.3 Å². The monoisotopic (exact) mass is 337 g/mol. The van der Waals surface area contributed by atoms with Crippen LogP contribution in [-0.4, -0.2) is 69.2 Å². The molecule has 1 heterocycles. The van der Waals surface area contributed by atoms with E-state index in [-0.39, 0.29) is 17.8 Å². The second-order valence-corrected chi connectivity index (χ2v) is 6.57. The third-order valence-corrected chi connectivity index (χ3v) is 4.62. The number of halogens is 1.